The van der Waals surface area contributed by atoms with Crippen LogP contribution in [0.5, 0.6) is 0 Å². The van der Waals surface area contributed by atoms with E-state index in [2.05, 4.69) is 20.3 Å². The number of anilines is 1. The van der Waals surface area contributed by atoms with Gasteiger partial charge in [-0.1, -0.05) is 36.7 Å². The lowest BCUT2D eigenvalue weighted by atomic mass is 10.1. The van der Waals surface area contributed by atoms with Crippen molar-refractivity contribution in [2.45, 2.75) is 31.6 Å². The Hall–Kier alpha value is -2.05. The van der Waals surface area contributed by atoms with Crippen LogP contribution in [0.25, 0.3) is 11.2 Å². The highest BCUT2D eigenvalue weighted by Gasteiger charge is 2.22. The minimum absolute atomic E-state index is 0.0535. The summed E-state index contributed by atoms with van der Waals surface area (Å²) in [5.74, 6) is 0.999. The van der Waals surface area contributed by atoms with E-state index in [1.807, 2.05) is 6.07 Å². The van der Waals surface area contributed by atoms with Crippen LogP contribution in [0, 0.1) is 5.82 Å². The summed E-state index contributed by atoms with van der Waals surface area (Å²) < 4.78 is 13.3. The lowest BCUT2D eigenvalue weighted by Crippen LogP contribution is -2.11. The van der Waals surface area contributed by atoms with Crippen molar-refractivity contribution in [1.82, 2.24) is 15.0 Å². The van der Waals surface area contributed by atoms with E-state index in [1.165, 1.54) is 25.0 Å². The third-order valence-electron chi connectivity index (χ3n) is 4.57. The second kappa shape index (κ2) is 6.69. The Morgan fingerprint density at radius 2 is 2.08 bits per heavy atom. The monoisotopic (exact) mass is 374 g/mol. The molecular weight excluding hydrogens is 359 g/mol. The number of halogens is 2. The van der Waals surface area contributed by atoms with Crippen molar-refractivity contribution in [3.63, 3.8) is 0 Å². The number of H-pyrrole nitrogens is 1. The Bertz CT molecular complexity index is 949. The summed E-state index contributed by atoms with van der Waals surface area (Å²) in [5.41, 5.74) is 2.95. The first-order valence-electron chi connectivity index (χ1n) is 8.23. The van der Waals surface area contributed by atoms with Gasteiger partial charge >= 0.3 is 0 Å². The fourth-order valence-corrected chi connectivity index (χ4v) is 3.75. The molecule has 0 radical (unpaired) electrons. The van der Waals surface area contributed by atoms with Gasteiger partial charge in [0.25, 0.3) is 0 Å². The number of rotatable bonds is 3. The summed E-state index contributed by atoms with van der Waals surface area (Å²) in [6.07, 6.45) is 6.50. The number of nitrogens with one attached hydrogen (secondary N) is 2. The number of hydrogen-bond donors (Lipinski definition) is 2. The first kappa shape index (κ1) is 16.4. The number of nitrogens with zero attached hydrogens (tertiary/aromatic N) is 2. The van der Waals surface area contributed by atoms with E-state index in [0.29, 0.717) is 22.2 Å². The maximum absolute atomic E-state index is 13.3. The predicted molar refractivity (Wildman–Crippen MR) is 102 cm³/mol. The van der Waals surface area contributed by atoms with E-state index in [0.717, 1.165) is 29.7 Å². The van der Waals surface area contributed by atoms with Crippen LogP contribution in [-0.4, -0.2) is 19.9 Å². The summed E-state index contributed by atoms with van der Waals surface area (Å²) in [4.78, 5) is 12.9. The molecule has 0 amide bonds. The molecule has 4 nitrogen and oxygen atoms in total. The zero-order valence-corrected chi connectivity index (χ0v) is 14.9. The molecule has 2 aromatic heterocycles. The molecular formula is C18H16ClFN4S. The van der Waals surface area contributed by atoms with Crippen molar-refractivity contribution >= 4 is 45.7 Å². The first-order valence-corrected chi connectivity index (χ1v) is 9.01. The maximum atomic E-state index is 13.3. The molecule has 7 heteroatoms. The summed E-state index contributed by atoms with van der Waals surface area (Å²) in [5, 5.41) is 3.16. The highest BCUT2D eigenvalue weighted by Crippen LogP contribution is 2.33. The van der Waals surface area contributed by atoms with Gasteiger partial charge in [0, 0.05) is 23.4 Å². The van der Waals surface area contributed by atoms with Crippen molar-refractivity contribution in [3.05, 3.63) is 52.7 Å². The number of thiocarbonyl (C=S) groups is 1. The molecule has 1 aromatic carbocycles. The molecule has 1 saturated carbocycles. The van der Waals surface area contributed by atoms with Crippen LogP contribution in [0.1, 0.15) is 43.0 Å². The van der Waals surface area contributed by atoms with Gasteiger partial charge in [0.1, 0.15) is 16.6 Å². The Kier molecular flexibility index (Phi) is 4.39. The van der Waals surface area contributed by atoms with Crippen molar-refractivity contribution in [2.75, 3.05) is 5.32 Å². The number of aromatic amines is 1. The van der Waals surface area contributed by atoms with E-state index in [-0.39, 0.29) is 5.02 Å². The highest BCUT2D eigenvalue weighted by molar-refractivity contribution is 7.81. The van der Waals surface area contributed by atoms with Gasteiger partial charge in [0.15, 0.2) is 5.65 Å². The van der Waals surface area contributed by atoms with Crippen molar-refractivity contribution in [3.8, 4) is 0 Å². The number of pyridine rings is 1. The number of fused-ring (bicyclic) bond motifs is 1. The molecule has 0 atom stereocenters. The quantitative estimate of drug-likeness (QED) is 0.619. The Balaban J connectivity index is 1.65. The summed E-state index contributed by atoms with van der Waals surface area (Å²) in [6, 6.07) is 6.27. The van der Waals surface area contributed by atoms with Crippen LogP contribution >= 0.6 is 23.8 Å². The highest BCUT2D eigenvalue weighted by atomic mass is 35.5. The summed E-state index contributed by atoms with van der Waals surface area (Å²) in [6.45, 7) is 0. The van der Waals surface area contributed by atoms with E-state index < -0.39 is 5.82 Å². The third kappa shape index (κ3) is 3.24. The largest absolute Gasteiger partial charge is 0.346 e. The third-order valence-corrected chi connectivity index (χ3v) is 5.19. The lowest BCUT2D eigenvalue weighted by Gasteiger charge is -2.09. The van der Waals surface area contributed by atoms with Crippen LogP contribution in [0.15, 0.2) is 30.5 Å². The van der Waals surface area contributed by atoms with Crippen LogP contribution in [0.2, 0.25) is 5.02 Å². The van der Waals surface area contributed by atoms with Crippen LogP contribution in [0.4, 0.5) is 10.1 Å². The fraction of sp³-hybridized carbons (Fsp3) is 0.278. The molecule has 2 N–H and O–H groups in total. The second-order valence-electron chi connectivity index (χ2n) is 6.24. The van der Waals surface area contributed by atoms with E-state index >= 15 is 0 Å². The van der Waals surface area contributed by atoms with E-state index in [9.17, 15) is 4.39 Å². The van der Waals surface area contributed by atoms with Crippen molar-refractivity contribution in [1.29, 1.82) is 0 Å². The molecule has 0 aliphatic heterocycles. The molecule has 0 spiro atoms. The average Bonchev–Trinajstić information content (AvgIpc) is 3.26. The number of aromatic nitrogens is 3. The summed E-state index contributed by atoms with van der Waals surface area (Å²) >= 11 is 11.4. The molecule has 0 unspecified atom stereocenters. The topological polar surface area (TPSA) is 53.6 Å². The molecule has 3 aromatic rings. The number of hydrogen-bond acceptors (Lipinski definition) is 3. The smallest absolute Gasteiger partial charge is 0.178 e. The molecule has 1 aliphatic rings. The van der Waals surface area contributed by atoms with E-state index in [4.69, 9.17) is 23.8 Å². The first-order chi connectivity index (χ1) is 12.1. The average molecular weight is 375 g/mol. The van der Waals surface area contributed by atoms with Gasteiger partial charge in [-0.05, 0) is 37.1 Å². The van der Waals surface area contributed by atoms with Gasteiger partial charge in [-0.2, -0.15) is 0 Å². The summed E-state index contributed by atoms with van der Waals surface area (Å²) in [7, 11) is 0. The molecule has 1 fully saturated rings. The van der Waals surface area contributed by atoms with Gasteiger partial charge in [0.05, 0.1) is 10.5 Å². The minimum Gasteiger partial charge on any atom is -0.346 e. The van der Waals surface area contributed by atoms with Crippen LogP contribution in [0.3, 0.4) is 0 Å². The van der Waals surface area contributed by atoms with Gasteiger partial charge < -0.3 is 10.3 Å². The van der Waals surface area contributed by atoms with Gasteiger partial charge in [-0.3, -0.25) is 0 Å². The lowest BCUT2D eigenvalue weighted by molar-refractivity contribution is 0.628. The normalized spacial score (nSPS) is 15.0. The molecule has 1 aliphatic carbocycles. The van der Waals surface area contributed by atoms with Gasteiger partial charge in [0.2, 0.25) is 0 Å². The van der Waals surface area contributed by atoms with Crippen LogP contribution in [-0.2, 0) is 0 Å². The second-order valence-corrected chi connectivity index (χ2v) is 7.06. The molecule has 2 heterocycles. The number of imidazole rings is 1. The SMILES string of the molecule is Fc1ccc(NC(=S)c2ccnc3nc(C4CCCC4)[nH]c23)cc1Cl. The van der Waals surface area contributed by atoms with Crippen LogP contribution < -0.4 is 5.32 Å². The molecule has 25 heavy (non-hydrogen) atoms. The molecule has 0 saturated heterocycles. The van der Waals surface area contributed by atoms with E-state index in [1.54, 1.807) is 12.3 Å². The van der Waals surface area contributed by atoms with Crippen molar-refractivity contribution in [2.24, 2.45) is 0 Å². The zero-order valence-electron chi connectivity index (χ0n) is 13.4. The zero-order chi connectivity index (χ0) is 17.4. The standard InChI is InChI=1S/C18H16ClFN4S/c19-13-9-11(5-6-14(13)20)22-18(25)12-7-8-21-17-15(12)23-16(24-17)10-3-1-2-4-10/h5-10H,1-4H2,(H,22,25)(H,21,23,24). The molecule has 0 bridgehead atoms. The number of benzene rings is 1. The fourth-order valence-electron chi connectivity index (χ4n) is 3.28. The van der Waals surface area contributed by atoms with Gasteiger partial charge in [-0.15, -0.1) is 0 Å². The van der Waals surface area contributed by atoms with Crippen molar-refractivity contribution < 1.29 is 4.39 Å². The molecule has 128 valence electrons. The Morgan fingerprint density at radius 3 is 2.84 bits per heavy atom. The Labute approximate surface area is 154 Å². The van der Waals surface area contributed by atoms with Gasteiger partial charge in [-0.25, -0.2) is 14.4 Å². The predicted octanol–water partition coefficient (Wildman–Crippen LogP) is 5.20. The Morgan fingerprint density at radius 1 is 1.28 bits per heavy atom. The minimum atomic E-state index is -0.459. The maximum Gasteiger partial charge on any atom is 0.178 e. The molecule has 4 rings (SSSR count).